The smallest absolute Gasteiger partial charge is 0.219 e. The minimum Gasteiger partial charge on any atom is -0.395 e. The lowest BCUT2D eigenvalue weighted by atomic mass is 10.2. The van der Waals surface area contributed by atoms with E-state index < -0.39 is 0 Å². The Labute approximate surface area is 78.9 Å². The Kier molecular flexibility index (Phi) is 4.18. The van der Waals surface area contributed by atoms with E-state index in [0.29, 0.717) is 12.6 Å². The van der Waals surface area contributed by atoms with E-state index in [2.05, 4.69) is 5.32 Å². The van der Waals surface area contributed by atoms with Crippen molar-refractivity contribution >= 4 is 5.91 Å². The van der Waals surface area contributed by atoms with Gasteiger partial charge in [-0.05, 0) is 12.8 Å². The predicted octanol–water partition coefficient (Wildman–Crippen LogP) is -0.421. The van der Waals surface area contributed by atoms with Gasteiger partial charge in [0.15, 0.2) is 0 Å². The van der Waals surface area contributed by atoms with Gasteiger partial charge in [0.05, 0.1) is 6.61 Å². The van der Waals surface area contributed by atoms with Gasteiger partial charge < -0.3 is 15.3 Å². The summed E-state index contributed by atoms with van der Waals surface area (Å²) in [7, 11) is 0. The molecular weight excluding hydrogens is 168 g/mol. The molecule has 0 saturated carbocycles. The van der Waals surface area contributed by atoms with Gasteiger partial charge in [-0.2, -0.15) is 0 Å². The largest absolute Gasteiger partial charge is 0.395 e. The van der Waals surface area contributed by atoms with Gasteiger partial charge in [-0.1, -0.05) is 0 Å². The Morgan fingerprint density at radius 2 is 2.46 bits per heavy atom. The summed E-state index contributed by atoms with van der Waals surface area (Å²) >= 11 is 0. The van der Waals surface area contributed by atoms with Crippen LogP contribution < -0.4 is 5.32 Å². The minimum absolute atomic E-state index is 0.160. The van der Waals surface area contributed by atoms with Crippen molar-refractivity contribution in [3.05, 3.63) is 0 Å². The predicted molar refractivity (Wildman–Crippen MR) is 50.4 cm³/mol. The third-order valence-electron chi connectivity index (χ3n) is 2.45. The molecule has 0 aliphatic carbocycles. The molecule has 0 aromatic carbocycles. The highest BCUT2D eigenvalue weighted by Gasteiger charge is 2.25. The molecule has 1 fully saturated rings. The molecule has 4 nitrogen and oxygen atoms in total. The summed E-state index contributed by atoms with van der Waals surface area (Å²) in [6, 6.07) is 0.337. The minimum atomic E-state index is 0.160. The van der Waals surface area contributed by atoms with Crippen LogP contribution in [0, 0.1) is 0 Å². The first-order chi connectivity index (χ1) is 6.25. The van der Waals surface area contributed by atoms with Gasteiger partial charge in [0.25, 0.3) is 0 Å². The molecule has 1 amide bonds. The van der Waals surface area contributed by atoms with Crippen LogP contribution in [0.25, 0.3) is 0 Å². The highest BCUT2D eigenvalue weighted by Crippen LogP contribution is 2.16. The number of aliphatic hydroxyl groups excluding tert-OH is 1. The molecule has 1 rings (SSSR count). The topological polar surface area (TPSA) is 52.6 Å². The number of carbonyl (C=O) groups is 1. The summed E-state index contributed by atoms with van der Waals surface area (Å²) in [6.07, 6.45) is 2.18. The number of carbonyl (C=O) groups excluding carboxylic acids is 1. The lowest BCUT2D eigenvalue weighted by Crippen LogP contribution is -2.41. The fraction of sp³-hybridized carbons (Fsp3) is 0.889. The van der Waals surface area contributed by atoms with Gasteiger partial charge >= 0.3 is 0 Å². The Morgan fingerprint density at radius 1 is 1.69 bits per heavy atom. The summed E-state index contributed by atoms with van der Waals surface area (Å²) < 4.78 is 0. The summed E-state index contributed by atoms with van der Waals surface area (Å²) in [5.41, 5.74) is 0. The molecular formula is C9H18N2O2. The molecule has 76 valence electrons. The zero-order valence-corrected chi connectivity index (χ0v) is 8.12. The summed E-state index contributed by atoms with van der Waals surface area (Å²) in [6.45, 7) is 4.08. The van der Waals surface area contributed by atoms with Crippen LogP contribution in [0.2, 0.25) is 0 Å². The van der Waals surface area contributed by atoms with E-state index >= 15 is 0 Å². The second kappa shape index (κ2) is 5.19. The normalized spacial score (nSPS) is 22.3. The molecule has 0 spiro atoms. The van der Waals surface area contributed by atoms with Gasteiger partial charge in [-0.3, -0.25) is 4.79 Å². The number of nitrogens with one attached hydrogen (secondary N) is 1. The first-order valence-electron chi connectivity index (χ1n) is 4.84. The number of nitrogens with zero attached hydrogens (tertiary/aromatic N) is 1. The third-order valence-corrected chi connectivity index (χ3v) is 2.45. The number of rotatable bonds is 4. The van der Waals surface area contributed by atoms with Crippen molar-refractivity contribution in [1.29, 1.82) is 0 Å². The number of aliphatic hydroxyl groups is 1. The van der Waals surface area contributed by atoms with E-state index in [9.17, 15) is 4.79 Å². The summed E-state index contributed by atoms with van der Waals surface area (Å²) in [5.74, 6) is 0.160. The molecule has 4 heteroatoms. The molecule has 0 bridgehead atoms. The second-order valence-corrected chi connectivity index (χ2v) is 3.44. The van der Waals surface area contributed by atoms with Crippen LogP contribution in [0.4, 0.5) is 0 Å². The Bertz CT molecular complexity index is 173. The van der Waals surface area contributed by atoms with Gasteiger partial charge in [-0.25, -0.2) is 0 Å². The molecule has 2 N–H and O–H groups in total. The third kappa shape index (κ3) is 2.97. The first kappa shape index (κ1) is 10.5. The highest BCUT2D eigenvalue weighted by atomic mass is 16.3. The summed E-state index contributed by atoms with van der Waals surface area (Å²) in [5, 5.41) is 11.7. The zero-order valence-electron chi connectivity index (χ0n) is 8.12. The van der Waals surface area contributed by atoms with E-state index in [0.717, 1.165) is 25.9 Å². The molecule has 1 saturated heterocycles. The van der Waals surface area contributed by atoms with Gasteiger partial charge in [0, 0.05) is 32.6 Å². The van der Waals surface area contributed by atoms with Crippen molar-refractivity contribution in [1.82, 2.24) is 10.2 Å². The van der Waals surface area contributed by atoms with Crippen LogP contribution in [-0.2, 0) is 4.79 Å². The maximum absolute atomic E-state index is 11.1. The standard InChI is InChI=1S/C9H18N2O2/c1-8(13)11-5-2-3-9(11)7-10-4-6-12/h9-10,12H,2-7H2,1H3/t9-/m1/s1. The van der Waals surface area contributed by atoms with Gasteiger partial charge in [0.2, 0.25) is 5.91 Å². The quantitative estimate of drug-likeness (QED) is 0.586. The van der Waals surface area contributed by atoms with Crippen LogP contribution in [0.3, 0.4) is 0 Å². The number of amides is 1. The number of likely N-dealkylation sites (tertiary alicyclic amines) is 1. The van der Waals surface area contributed by atoms with Crippen molar-refractivity contribution in [3.63, 3.8) is 0 Å². The molecule has 1 atom stereocenters. The van der Waals surface area contributed by atoms with Crippen LogP contribution in [-0.4, -0.2) is 48.2 Å². The van der Waals surface area contributed by atoms with Gasteiger partial charge in [-0.15, -0.1) is 0 Å². The van der Waals surface area contributed by atoms with Crippen LogP contribution in [0.15, 0.2) is 0 Å². The average Bonchev–Trinajstić information content (AvgIpc) is 2.53. The number of hydrogen-bond donors (Lipinski definition) is 2. The Balaban J connectivity index is 2.27. The zero-order chi connectivity index (χ0) is 9.68. The van der Waals surface area contributed by atoms with Crippen LogP contribution in [0.5, 0.6) is 0 Å². The van der Waals surface area contributed by atoms with E-state index in [-0.39, 0.29) is 12.5 Å². The molecule has 0 unspecified atom stereocenters. The molecule has 1 heterocycles. The van der Waals surface area contributed by atoms with Crippen molar-refractivity contribution in [3.8, 4) is 0 Å². The first-order valence-corrected chi connectivity index (χ1v) is 4.84. The van der Waals surface area contributed by atoms with Crippen molar-refractivity contribution in [2.45, 2.75) is 25.8 Å². The molecule has 0 aromatic rings. The maximum Gasteiger partial charge on any atom is 0.219 e. The molecule has 1 aliphatic rings. The van der Waals surface area contributed by atoms with E-state index in [1.54, 1.807) is 6.92 Å². The lowest BCUT2D eigenvalue weighted by molar-refractivity contribution is -0.129. The van der Waals surface area contributed by atoms with E-state index in [4.69, 9.17) is 5.11 Å². The van der Waals surface area contributed by atoms with Gasteiger partial charge in [0.1, 0.15) is 0 Å². The van der Waals surface area contributed by atoms with Crippen LogP contribution >= 0.6 is 0 Å². The highest BCUT2D eigenvalue weighted by molar-refractivity contribution is 5.73. The lowest BCUT2D eigenvalue weighted by Gasteiger charge is -2.23. The summed E-state index contributed by atoms with van der Waals surface area (Å²) in [4.78, 5) is 13.0. The molecule has 0 radical (unpaired) electrons. The Morgan fingerprint density at radius 3 is 3.08 bits per heavy atom. The molecule has 0 aromatic heterocycles. The molecule has 13 heavy (non-hydrogen) atoms. The second-order valence-electron chi connectivity index (χ2n) is 3.44. The van der Waals surface area contributed by atoms with E-state index in [1.807, 2.05) is 4.90 Å². The van der Waals surface area contributed by atoms with Crippen LogP contribution in [0.1, 0.15) is 19.8 Å². The monoisotopic (exact) mass is 186 g/mol. The fourth-order valence-electron chi connectivity index (χ4n) is 1.81. The van der Waals surface area contributed by atoms with Crippen molar-refractivity contribution in [2.24, 2.45) is 0 Å². The van der Waals surface area contributed by atoms with Crippen molar-refractivity contribution < 1.29 is 9.90 Å². The average molecular weight is 186 g/mol. The Hall–Kier alpha value is -0.610. The SMILES string of the molecule is CC(=O)N1CCC[C@@H]1CNCCO. The number of hydrogen-bond acceptors (Lipinski definition) is 3. The van der Waals surface area contributed by atoms with Crippen molar-refractivity contribution in [2.75, 3.05) is 26.2 Å². The maximum atomic E-state index is 11.1. The fourth-order valence-corrected chi connectivity index (χ4v) is 1.81. The van der Waals surface area contributed by atoms with E-state index in [1.165, 1.54) is 0 Å². The molecule has 1 aliphatic heterocycles.